The Morgan fingerprint density at radius 1 is 0.742 bits per heavy atom. The zero-order chi connectivity index (χ0) is 22.2. The first-order valence-corrected chi connectivity index (χ1v) is 9.59. The number of amides is 2. The van der Waals surface area contributed by atoms with Gasteiger partial charge in [-0.05, 0) is 42.0 Å². The molecule has 2 N–H and O–H groups in total. The molecule has 0 atom stereocenters. The Kier molecular flexibility index (Phi) is 7.11. The molecule has 0 aliphatic heterocycles. The second-order valence-electron chi connectivity index (χ2n) is 6.61. The Morgan fingerprint density at radius 3 is 1.90 bits per heavy atom. The van der Waals surface area contributed by atoms with Crippen molar-refractivity contribution >= 4 is 17.5 Å². The van der Waals surface area contributed by atoms with Crippen molar-refractivity contribution in [2.75, 3.05) is 26.6 Å². The van der Waals surface area contributed by atoms with Gasteiger partial charge in [-0.3, -0.25) is 9.59 Å². The molecule has 0 spiro atoms. The van der Waals surface area contributed by atoms with E-state index in [0.29, 0.717) is 40.6 Å². The second kappa shape index (κ2) is 10.2. The molecule has 0 fully saturated rings. The van der Waals surface area contributed by atoms with Gasteiger partial charge in [-0.1, -0.05) is 30.3 Å². The van der Waals surface area contributed by atoms with Gasteiger partial charge in [-0.25, -0.2) is 0 Å². The van der Waals surface area contributed by atoms with Crippen LogP contribution >= 0.6 is 0 Å². The average Bonchev–Trinajstić information content (AvgIpc) is 2.82. The monoisotopic (exact) mass is 420 g/mol. The van der Waals surface area contributed by atoms with Crippen molar-refractivity contribution in [2.24, 2.45) is 0 Å². The van der Waals surface area contributed by atoms with Crippen LogP contribution in [0.4, 0.5) is 5.69 Å². The fourth-order valence-electron chi connectivity index (χ4n) is 3.00. The first kappa shape index (κ1) is 21.7. The number of nitrogens with one attached hydrogen (secondary N) is 2. The van der Waals surface area contributed by atoms with E-state index < -0.39 is 0 Å². The van der Waals surface area contributed by atoms with Crippen molar-refractivity contribution in [2.45, 2.75) is 6.54 Å². The Balaban J connectivity index is 1.66. The van der Waals surface area contributed by atoms with E-state index in [-0.39, 0.29) is 11.8 Å². The minimum atomic E-state index is -0.347. The lowest BCUT2D eigenvalue weighted by molar-refractivity contribution is 0.0950. The molecule has 3 rings (SSSR count). The van der Waals surface area contributed by atoms with Crippen LogP contribution in [0.2, 0.25) is 0 Å². The summed E-state index contributed by atoms with van der Waals surface area (Å²) in [5.41, 5.74) is 2.42. The first-order chi connectivity index (χ1) is 15.0. The Bertz CT molecular complexity index is 1020. The van der Waals surface area contributed by atoms with Gasteiger partial charge >= 0.3 is 0 Å². The number of anilines is 1. The van der Waals surface area contributed by atoms with E-state index in [0.717, 1.165) is 5.56 Å². The quantitative estimate of drug-likeness (QED) is 0.577. The number of methoxy groups -OCH3 is 3. The molecule has 0 aliphatic carbocycles. The summed E-state index contributed by atoms with van der Waals surface area (Å²) in [6.45, 7) is 0.444. The number of rotatable bonds is 8. The summed E-state index contributed by atoms with van der Waals surface area (Å²) in [5.74, 6) is 0.647. The van der Waals surface area contributed by atoms with Crippen molar-refractivity contribution in [3.8, 4) is 17.2 Å². The molecule has 0 radical (unpaired) electrons. The summed E-state index contributed by atoms with van der Waals surface area (Å²) in [4.78, 5) is 25.0. The number of carbonyl (C=O) groups excluding carboxylic acids is 2. The topological polar surface area (TPSA) is 85.9 Å². The number of carbonyl (C=O) groups is 2. The van der Waals surface area contributed by atoms with Gasteiger partial charge in [0.1, 0.15) is 0 Å². The molecule has 160 valence electrons. The highest BCUT2D eigenvalue weighted by molar-refractivity contribution is 6.05. The molecule has 3 aromatic rings. The van der Waals surface area contributed by atoms with Crippen LogP contribution in [0.25, 0.3) is 0 Å². The predicted octanol–water partition coefficient (Wildman–Crippen LogP) is 3.89. The normalized spacial score (nSPS) is 10.2. The maximum absolute atomic E-state index is 12.7. The van der Waals surface area contributed by atoms with Crippen molar-refractivity contribution < 1.29 is 23.8 Å². The van der Waals surface area contributed by atoms with Crippen molar-refractivity contribution in [3.63, 3.8) is 0 Å². The number of benzene rings is 3. The third-order valence-corrected chi connectivity index (χ3v) is 4.63. The van der Waals surface area contributed by atoms with Gasteiger partial charge in [0.05, 0.1) is 21.3 Å². The van der Waals surface area contributed by atoms with E-state index in [1.807, 2.05) is 30.3 Å². The summed E-state index contributed by atoms with van der Waals surface area (Å²) in [7, 11) is 4.47. The lowest BCUT2D eigenvalue weighted by Crippen LogP contribution is -2.22. The maximum atomic E-state index is 12.7. The maximum Gasteiger partial charge on any atom is 0.255 e. The van der Waals surface area contributed by atoms with E-state index in [9.17, 15) is 9.59 Å². The highest BCUT2D eigenvalue weighted by Gasteiger charge is 2.17. The van der Waals surface area contributed by atoms with Crippen LogP contribution in [0, 0.1) is 0 Å². The zero-order valence-electron chi connectivity index (χ0n) is 17.6. The largest absolute Gasteiger partial charge is 0.493 e. The van der Waals surface area contributed by atoms with Gasteiger partial charge in [0.15, 0.2) is 11.5 Å². The Labute approximate surface area is 180 Å². The summed E-state index contributed by atoms with van der Waals surface area (Å²) in [5, 5.41) is 5.67. The molecular weight excluding hydrogens is 396 g/mol. The predicted molar refractivity (Wildman–Crippen MR) is 118 cm³/mol. The molecule has 0 bridgehead atoms. The van der Waals surface area contributed by atoms with E-state index >= 15 is 0 Å². The highest BCUT2D eigenvalue weighted by atomic mass is 16.5. The highest BCUT2D eigenvalue weighted by Crippen LogP contribution is 2.38. The third-order valence-electron chi connectivity index (χ3n) is 4.63. The van der Waals surface area contributed by atoms with Crippen LogP contribution in [-0.4, -0.2) is 33.1 Å². The van der Waals surface area contributed by atoms with E-state index in [4.69, 9.17) is 14.2 Å². The molecule has 7 nitrogen and oxygen atoms in total. The number of ether oxygens (including phenoxy) is 3. The third kappa shape index (κ3) is 5.33. The fraction of sp³-hybridized carbons (Fsp3) is 0.167. The molecule has 2 amide bonds. The zero-order valence-corrected chi connectivity index (χ0v) is 17.6. The summed E-state index contributed by atoms with van der Waals surface area (Å²) < 4.78 is 15.8. The van der Waals surface area contributed by atoms with Crippen LogP contribution in [-0.2, 0) is 6.54 Å². The molecule has 0 aliphatic rings. The van der Waals surface area contributed by atoms with E-state index in [1.54, 1.807) is 36.4 Å². The molecule has 0 aromatic heterocycles. The van der Waals surface area contributed by atoms with Crippen LogP contribution in [0.15, 0.2) is 66.7 Å². The summed E-state index contributed by atoms with van der Waals surface area (Å²) >= 11 is 0. The molecule has 0 saturated carbocycles. The molecular formula is C24H24N2O5. The standard InChI is InChI=1S/C24H24N2O5/c1-29-20-13-18(14-21(30-2)22(20)31-3)24(28)26-19-11-9-17(10-12-19)23(27)25-15-16-7-5-4-6-8-16/h4-14H,15H2,1-3H3,(H,25,27)(H,26,28). The van der Waals surface area contributed by atoms with Gasteiger partial charge in [0.25, 0.3) is 11.8 Å². The lowest BCUT2D eigenvalue weighted by Gasteiger charge is -2.14. The van der Waals surface area contributed by atoms with Crippen LogP contribution in [0.1, 0.15) is 26.3 Å². The van der Waals surface area contributed by atoms with Gasteiger partial charge in [-0.2, -0.15) is 0 Å². The molecule has 0 heterocycles. The smallest absolute Gasteiger partial charge is 0.255 e. The van der Waals surface area contributed by atoms with Crippen LogP contribution < -0.4 is 24.8 Å². The minimum absolute atomic E-state index is 0.189. The second-order valence-corrected chi connectivity index (χ2v) is 6.61. The van der Waals surface area contributed by atoms with Crippen LogP contribution in [0.3, 0.4) is 0 Å². The number of hydrogen-bond acceptors (Lipinski definition) is 5. The van der Waals surface area contributed by atoms with Crippen LogP contribution in [0.5, 0.6) is 17.2 Å². The fourth-order valence-corrected chi connectivity index (χ4v) is 3.00. The molecule has 0 unspecified atom stereocenters. The average molecular weight is 420 g/mol. The Hall–Kier alpha value is -4.00. The van der Waals surface area contributed by atoms with Gasteiger partial charge in [-0.15, -0.1) is 0 Å². The molecule has 31 heavy (non-hydrogen) atoms. The first-order valence-electron chi connectivity index (χ1n) is 9.59. The lowest BCUT2D eigenvalue weighted by atomic mass is 10.1. The summed E-state index contributed by atoms with van der Waals surface area (Å²) in [6.07, 6.45) is 0. The summed E-state index contributed by atoms with van der Waals surface area (Å²) in [6, 6.07) is 19.5. The molecule has 0 saturated heterocycles. The van der Waals surface area contributed by atoms with E-state index in [2.05, 4.69) is 10.6 Å². The number of hydrogen-bond donors (Lipinski definition) is 2. The SMILES string of the molecule is COc1cc(C(=O)Nc2ccc(C(=O)NCc3ccccc3)cc2)cc(OC)c1OC. The van der Waals surface area contributed by atoms with Crippen molar-refractivity contribution in [1.82, 2.24) is 5.32 Å². The minimum Gasteiger partial charge on any atom is -0.493 e. The molecule has 3 aromatic carbocycles. The van der Waals surface area contributed by atoms with Crippen molar-refractivity contribution in [3.05, 3.63) is 83.4 Å². The van der Waals surface area contributed by atoms with E-state index in [1.165, 1.54) is 21.3 Å². The van der Waals surface area contributed by atoms with Gasteiger partial charge in [0, 0.05) is 23.4 Å². The van der Waals surface area contributed by atoms with Gasteiger partial charge < -0.3 is 24.8 Å². The Morgan fingerprint density at radius 2 is 1.35 bits per heavy atom. The van der Waals surface area contributed by atoms with Gasteiger partial charge in [0.2, 0.25) is 5.75 Å². The van der Waals surface area contributed by atoms with Crippen molar-refractivity contribution in [1.29, 1.82) is 0 Å². The molecule has 7 heteroatoms.